The Labute approximate surface area is 120 Å². The highest BCUT2D eigenvalue weighted by Crippen LogP contribution is 2.25. The van der Waals surface area contributed by atoms with Crippen LogP contribution in [-0.4, -0.2) is 4.92 Å². The number of halogens is 2. The zero-order valence-electron chi connectivity index (χ0n) is 10.6. The number of anilines is 1. The highest BCUT2D eigenvalue weighted by molar-refractivity contribution is 6.30. The van der Waals surface area contributed by atoms with E-state index in [1.54, 1.807) is 24.3 Å². The number of hydrogen-bond acceptors (Lipinski definition) is 3. The highest BCUT2D eigenvalue weighted by Gasteiger charge is 2.11. The molecule has 0 aliphatic rings. The summed E-state index contributed by atoms with van der Waals surface area (Å²) in [7, 11) is 0. The van der Waals surface area contributed by atoms with Gasteiger partial charge in [-0.05, 0) is 30.7 Å². The van der Waals surface area contributed by atoms with E-state index in [1.807, 2.05) is 6.92 Å². The lowest BCUT2D eigenvalue weighted by Gasteiger charge is -2.16. The molecule has 0 amide bonds. The van der Waals surface area contributed by atoms with Gasteiger partial charge in [0.05, 0.1) is 10.6 Å². The Balaban J connectivity index is 2.15. The third-order valence-electron chi connectivity index (χ3n) is 2.91. The molecule has 0 aromatic heterocycles. The Morgan fingerprint density at radius 2 is 1.90 bits per heavy atom. The maximum absolute atomic E-state index is 13.7. The second kappa shape index (κ2) is 5.88. The second-order valence-electron chi connectivity index (χ2n) is 4.34. The van der Waals surface area contributed by atoms with E-state index < -0.39 is 10.7 Å². The molecule has 0 saturated heterocycles. The molecule has 2 aromatic rings. The van der Waals surface area contributed by atoms with Crippen molar-refractivity contribution >= 4 is 23.0 Å². The number of benzene rings is 2. The van der Waals surface area contributed by atoms with E-state index in [0.717, 1.165) is 5.56 Å². The molecule has 20 heavy (non-hydrogen) atoms. The summed E-state index contributed by atoms with van der Waals surface area (Å²) in [5.41, 5.74) is 1.18. The van der Waals surface area contributed by atoms with Gasteiger partial charge in [0.25, 0.3) is 5.69 Å². The molecular formula is C14H12ClFN2O2. The third-order valence-corrected chi connectivity index (χ3v) is 3.14. The summed E-state index contributed by atoms with van der Waals surface area (Å²) in [6, 6.07) is 10.3. The van der Waals surface area contributed by atoms with Crippen molar-refractivity contribution in [1.29, 1.82) is 0 Å². The number of nitro groups is 1. The molecule has 0 heterocycles. The van der Waals surface area contributed by atoms with E-state index >= 15 is 0 Å². The summed E-state index contributed by atoms with van der Waals surface area (Å²) in [5, 5.41) is 13.9. The smallest absolute Gasteiger partial charge is 0.269 e. The van der Waals surface area contributed by atoms with Crippen molar-refractivity contribution in [3.05, 3.63) is 69.0 Å². The predicted molar refractivity (Wildman–Crippen MR) is 76.5 cm³/mol. The SMILES string of the molecule is CC(Nc1ccc(Cl)cc1F)c1ccc([N+](=O)[O-])cc1. The van der Waals surface area contributed by atoms with Crippen LogP contribution in [0.5, 0.6) is 0 Å². The van der Waals surface area contributed by atoms with Gasteiger partial charge in [0.1, 0.15) is 5.82 Å². The van der Waals surface area contributed by atoms with Crippen molar-refractivity contribution in [1.82, 2.24) is 0 Å². The molecular weight excluding hydrogens is 283 g/mol. The predicted octanol–water partition coefficient (Wildman–Crippen LogP) is 4.56. The summed E-state index contributed by atoms with van der Waals surface area (Å²) >= 11 is 5.69. The molecule has 1 N–H and O–H groups in total. The molecule has 4 nitrogen and oxygen atoms in total. The maximum atomic E-state index is 13.7. The van der Waals surface area contributed by atoms with E-state index in [4.69, 9.17) is 11.6 Å². The third kappa shape index (κ3) is 3.24. The average Bonchev–Trinajstić information content (AvgIpc) is 2.42. The van der Waals surface area contributed by atoms with Gasteiger partial charge >= 0.3 is 0 Å². The monoisotopic (exact) mass is 294 g/mol. The Morgan fingerprint density at radius 3 is 2.45 bits per heavy atom. The highest BCUT2D eigenvalue weighted by atomic mass is 35.5. The number of nitro benzene ring substituents is 1. The molecule has 1 unspecified atom stereocenters. The Kier molecular flexibility index (Phi) is 4.20. The fourth-order valence-electron chi connectivity index (χ4n) is 1.81. The van der Waals surface area contributed by atoms with Gasteiger partial charge in [-0.3, -0.25) is 10.1 Å². The van der Waals surface area contributed by atoms with Crippen LogP contribution in [0.2, 0.25) is 5.02 Å². The standard InChI is InChI=1S/C14H12ClFN2O2/c1-9(10-2-5-12(6-3-10)18(19)20)17-14-7-4-11(15)8-13(14)16/h2-9,17H,1H3. The normalized spacial score (nSPS) is 11.9. The number of nitrogens with one attached hydrogen (secondary N) is 1. The first-order valence-electron chi connectivity index (χ1n) is 5.93. The zero-order chi connectivity index (χ0) is 14.7. The van der Waals surface area contributed by atoms with Gasteiger partial charge in [-0.25, -0.2) is 4.39 Å². The Bertz CT molecular complexity index is 632. The summed E-state index contributed by atoms with van der Waals surface area (Å²) < 4.78 is 13.7. The fourth-order valence-corrected chi connectivity index (χ4v) is 1.97. The van der Waals surface area contributed by atoms with Gasteiger partial charge in [0.2, 0.25) is 0 Å². The Morgan fingerprint density at radius 1 is 1.25 bits per heavy atom. The van der Waals surface area contributed by atoms with Crippen molar-refractivity contribution in [2.75, 3.05) is 5.32 Å². The van der Waals surface area contributed by atoms with Crippen molar-refractivity contribution in [3.63, 3.8) is 0 Å². The number of nitrogens with zero attached hydrogens (tertiary/aromatic N) is 1. The Hall–Kier alpha value is -2.14. The van der Waals surface area contributed by atoms with E-state index in [9.17, 15) is 14.5 Å². The number of rotatable bonds is 4. The first kappa shape index (κ1) is 14.3. The minimum atomic E-state index is -0.458. The van der Waals surface area contributed by atoms with Gasteiger partial charge in [0.15, 0.2) is 0 Å². The van der Waals surface area contributed by atoms with Crippen molar-refractivity contribution < 1.29 is 9.31 Å². The summed E-state index contributed by atoms with van der Waals surface area (Å²) in [6.07, 6.45) is 0. The van der Waals surface area contributed by atoms with Crippen LogP contribution in [0.25, 0.3) is 0 Å². The molecule has 0 aliphatic heterocycles. The van der Waals surface area contributed by atoms with Crippen LogP contribution in [0.1, 0.15) is 18.5 Å². The molecule has 0 fully saturated rings. The minimum absolute atomic E-state index is 0.0265. The zero-order valence-corrected chi connectivity index (χ0v) is 11.4. The first-order chi connectivity index (χ1) is 9.47. The van der Waals surface area contributed by atoms with E-state index in [0.29, 0.717) is 10.7 Å². The van der Waals surface area contributed by atoms with Crippen LogP contribution < -0.4 is 5.32 Å². The van der Waals surface area contributed by atoms with E-state index in [1.165, 1.54) is 18.2 Å². The summed E-state index contributed by atoms with van der Waals surface area (Å²) in [5.74, 6) is -0.439. The van der Waals surface area contributed by atoms with E-state index in [-0.39, 0.29) is 11.7 Å². The van der Waals surface area contributed by atoms with Crippen LogP contribution in [0, 0.1) is 15.9 Å². The van der Waals surface area contributed by atoms with Crippen molar-refractivity contribution in [2.24, 2.45) is 0 Å². The van der Waals surface area contributed by atoms with Crippen LogP contribution in [0.3, 0.4) is 0 Å². The van der Waals surface area contributed by atoms with Crippen molar-refractivity contribution in [3.8, 4) is 0 Å². The summed E-state index contributed by atoms with van der Waals surface area (Å²) in [4.78, 5) is 10.1. The fraction of sp³-hybridized carbons (Fsp3) is 0.143. The molecule has 0 saturated carbocycles. The van der Waals surface area contributed by atoms with Gasteiger partial charge < -0.3 is 5.32 Å². The molecule has 2 rings (SSSR count). The second-order valence-corrected chi connectivity index (χ2v) is 4.78. The van der Waals surface area contributed by atoms with Crippen LogP contribution in [0.15, 0.2) is 42.5 Å². The molecule has 0 radical (unpaired) electrons. The molecule has 0 bridgehead atoms. The maximum Gasteiger partial charge on any atom is 0.269 e. The van der Waals surface area contributed by atoms with Gasteiger partial charge in [-0.2, -0.15) is 0 Å². The van der Waals surface area contributed by atoms with Crippen LogP contribution in [0.4, 0.5) is 15.8 Å². The topological polar surface area (TPSA) is 55.2 Å². The molecule has 0 aliphatic carbocycles. The number of hydrogen-bond donors (Lipinski definition) is 1. The number of non-ortho nitro benzene ring substituents is 1. The quantitative estimate of drug-likeness (QED) is 0.664. The minimum Gasteiger partial charge on any atom is -0.376 e. The van der Waals surface area contributed by atoms with Crippen LogP contribution in [-0.2, 0) is 0 Å². The lowest BCUT2D eigenvalue weighted by molar-refractivity contribution is -0.384. The molecule has 6 heteroatoms. The molecule has 104 valence electrons. The first-order valence-corrected chi connectivity index (χ1v) is 6.31. The van der Waals surface area contributed by atoms with Gasteiger partial charge in [0, 0.05) is 23.2 Å². The van der Waals surface area contributed by atoms with Crippen LogP contribution >= 0.6 is 11.6 Å². The van der Waals surface area contributed by atoms with Gasteiger partial charge in [-0.15, -0.1) is 0 Å². The largest absolute Gasteiger partial charge is 0.376 e. The van der Waals surface area contributed by atoms with Gasteiger partial charge in [-0.1, -0.05) is 23.7 Å². The molecule has 2 aromatic carbocycles. The molecule has 1 atom stereocenters. The lowest BCUT2D eigenvalue weighted by Crippen LogP contribution is -2.08. The average molecular weight is 295 g/mol. The summed E-state index contributed by atoms with van der Waals surface area (Å²) in [6.45, 7) is 1.84. The molecule has 0 spiro atoms. The van der Waals surface area contributed by atoms with Crippen molar-refractivity contribution in [2.45, 2.75) is 13.0 Å². The van der Waals surface area contributed by atoms with E-state index in [2.05, 4.69) is 5.32 Å². The lowest BCUT2D eigenvalue weighted by atomic mass is 10.1.